The molecule has 12 aromatic carbocycles. The van der Waals surface area contributed by atoms with Crippen molar-refractivity contribution >= 4 is 120 Å². The Labute approximate surface area is 825 Å². The van der Waals surface area contributed by atoms with Crippen molar-refractivity contribution in [3.63, 3.8) is 0 Å². The number of rotatable bonds is 48. The summed E-state index contributed by atoms with van der Waals surface area (Å²) in [7, 11) is 0. The van der Waals surface area contributed by atoms with Crippen LogP contribution in [0.1, 0.15) is 146 Å². The molecule has 0 saturated carbocycles. The topological polar surface area (TPSA) is 190 Å². The van der Waals surface area contributed by atoms with Crippen molar-refractivity contribution in [1.82, 2.24) is 33.6 Å². The first kappa shape index (κ1) is 95.5. The molecule has 4 saturated heterocycles. The van der Waals surface area contributed by atoms with E-state index < -0.39 is 0 Å². The Hall–Kier alpha value is -11.7. The predicted octanol–water partition coefficient (Wildman–Crippen LogP) is 27.1. The zero-order valence-electron chi connectivity index (χ0n) is 82.2. The third-order valence-corrected chi connectivity index (χ3v) is 29.6. The number of ether oxygens (including phenoxy) is 12. The van der Waals surface area contributed by atoms with Gasteiger partial charge in [-0.15, -0.1) is 0 Å². The summed E-state index contributed by atoms with van der Waals surface area (Å²) in [5.74, 6) is 1.24. The van der Waals surface area contributed by atoms with E-state index >= 15 is 0 Å². The zero-order valence-corrected chi connectivity index (χ0v) is 82.2. The van der Waals surface area contributed by atoms with Crippen LogP contribution in [0.4, 0.5) is 0 Å². The lowest BCUT2D eigenvalue weighted by atomic mass is 9.84. The number of para-hydroxylation sites is 3. The molecule has 4 aliphatic heterocycles. The number of hydrogen-bond acceptors (Lipinski definition) is 17. The van der Waals surface area contributed by atoms with Gasteiger partial charge >= 0.3 is 0 Å². The monoisotopic (exact) mass is 1890 g/mol. The third-order valence-electron chi connectivity index (χ3n) is 29.6. The summed E-state index contributed by atoms with van der Waals surface area (Å²) in [5, 5.41) is 13.2. The van der Waals surface area contributed by atoms with E-state index in [1.807, 2.05) is 18.2 Å². The highest BCUT2D eigenvalue weighted by Gasteiger charge is 2.40. The van der Waals surface area contributed by atoms with E-state index in [9.17, 15) is 0 Å². The fraction of sp³-hybridized carbons (Fsp3) is 0.388. The molecule has 141 heavy (non-hydrogen) atoms. The molecule has 20 heteroatoms. The van der Waals surface area contributed by atoms with Crippen molar-refractivity contribution in [3.05, 3.63) is 271 Å². The summed E-state index contributed by atoms with van der Waals surface area (Å²) in [4.78, 5) is 21.5. The summed E-state index contributed by atoms with van der Waals surface area (Å²) < 4.78 is 84.8. The molecule has 4 fully saturated rings. The summed E-state index contributed by atoms with van der Waals surface area (Å²) in [6.45, 7) is 26.7. The number of nitrogens with zero attached hydrogens (tertiary/aromatic N) is 7. The van der Waals surface area contributed by atoms with Crippen LogP contribution < -0.4 is 0 Å². The lowest BCUT2D eigenvalue weighted by Crippen LogP contribution is -2.45. The molecule has 0 unspecified atom stereocenters. The van der Waals surface area contributed by atoms with Gasteiger partial charge in [-0.25, -0.2) is 19.9 Å². The van der Waals surface area contributed by atoms with Gasteiger partial charge < -0.3 is 65.8 Å². The van der Waals surface area contributed by atoms with E-state index in [4.69, 9.17) is 81.2 Å². The van der Waals surface area contributed by atoms with E-state index in [2.05, 4.69) is 272 Å². The minimum absolute atomic E-state index is 0.195. The van der Waals surface area contributed by atoms with Crippen LogP contribution in [0.5, 0.6) is 0 Å². The molecule has 0 N–H and O–H groups in total. The first-order valence-corrected chi connectivity index (χ1v) is 51.5. The van der Waals surface area contributed by atoms with Gasteiger partial charge in [-0.2, -0.15) is 0 Å². The van der Waals surface area contributed by atoms with Gasteiger partial charge in [0, 0.05) is 157 Å². The molecule has 728 valence electrons. The van der Waals surface area contributed by atoms with Crippen molar-refractivity contribution in [3.8, 4) is 40.1 Å². The highest BCUT2D eigenvalue weighted by atomic mass is 16.5. The summed E-state index contributed by atoms with van der Waals surface area (Å²) in [6.07, 6.45) is 15.8. The van der Waals surface area contributed by atoms with E-state index in [0.29, 0.717) is 64.8 Å². The Morgan fingerprint density at radius 3 is 1.12 bits per heavy atom. The van der Waals surface area contributed by atoms with Gasteiger partial charge in [-0.3, -0.25) is 9.13 Å². The number of fused-ring (bicyclic) bond motifs is 16. The largest absolute Gasteiger partial charge is 0.456 e. The van der Waals surface area contributed by atoms with E-state index in [0.717, 1.165) is 367 Å². The van der Waals surface area contributed by atoms with Gasteiger partial charge in [-0.1, -0.05) is 185 Å². The highest BCUT2D eigenvalue weighted by molar-refractivity contribution is 6.24. The normalized spacial score (nSPS) is 15.4. The molecule has 0 amide bonds. The SMILES string of the molecule is CCC1(COCCCCCOCc2ccc3c(c2)c2cc4c(cc2n3-c2nc(-c3ccccc3)c3ccccc3n2)c2cc(COCCCCCOCC3(C)COC3)ccc2n4-c2ccccc2)COC1.CCC1(COCCCCCOCc2ccc3oc4cc5c(cc4c3c2)c2cc(COCCCCCOCC3(CC)COC3)c3ccccc3c2n5-c2nc(-c3ccccc3)c3ccccc3n2)COC1. The van der Waals surface area contributed by atoms with Crippen LogP contribution in [0.25, 0.3) is 160 Å². The quantitative estimate of drug-likeness (QED) is 0.0327. The van der Waals surface area contributed by atoms with E-state index in [1.54, 1.807) is 0 Å². The highest BCUT2D eigenvalue weighted by Crippen LogP contribution is 2.46. The molecule has 6 aromatic heterocycles. The Morgan fingerprint density at radius 1 is 0.277 bits per heavy atom. The Bertz CT molecular complexity index is 7340. The maximum absolute atomic E-state index is 6.69. The summed E-state index contributed by atoms with van der Waals surface area (Å²) >= 11 is 0. The van der Waals surface area contributed by atoms with Gasteiger partial charge in [0.1, 0.15) is 11.2 Å². The minimum Gasteiger partial charge on any atom is -0.456 e. The van der Waals surface area contributed by atoms with Gasteiger partial charge in [0.2, 0.25) is 11.9 Å². The number of benzene rings is 12. The van der Waals surface area contributed by atoms with Gasteiger partial charge in [0.25, 0.3) is 0 Å². The third kappa shape index (κ3) is 20.9. The predicted molar refractivity (Wildman–Crippen MR) is 565 cm³/mol. The van der Waals surface area contributed by atoms with Crippen LogP contribution in [0, 0.1) is 21.7 Å². The standard InChI is InChI=1S/C61H66N4O6.C60H65N3O7/c1-3-61(42-71-43-61)41-69-31-17-7-15-29-67-37-45-25-27-55-50(33-45)52-34-56-51(35-57(52)65(55)59-62-53-23-13-12-22-48(53)58(63-59)46-18-8-4-9-19-46)49-32-44(24-26-54(49)64(56)47-20-10-5-11-21-47)36-66-28-14-6-16-30-68-38-60(2)39-70-40-60;1-3-59(38-68-39-59)36-66-28-16-6-14-26-64-34-42-24-25-54-49(30-42)50-32-48-51-31-44(35-65-27-15-7-17-29-67-37-60(4-2)40-69-41-60)45-20-10-11-21-46(45)57(51)63(53(48)33-55(50)70-54)58-61-52-23-13-12-22-47(52)56(62-58)43-18-8-5-9-19-43/h4-5,8-13,18-27,32-35H,3,6-7,14-17,28-31,36-43H2,1-2H3;5,8-13,18-25,30-33H,3-4,6-7,14-17,26-29,34-41H2,1-2H3. The smallest absolute Gasteiger partial charge is 0.235 e. The summed E-state index contributed by atoms with van der Waals surface area (Å²) in [6, 6.07) is 88.4. The lowest BCUT2D eigenvalue weighted by molar-refractivity contribution is -0.150. The second-order valence-corrected chi connectivity index (χ2v) is 40.2. The van der Waals surface area contributed by atoms with Crippen LogP contribution >= 0.6 is 0 Å². The van der Waals surface area contributed by atoms with Crippen LogP contribution in [-0.4, -0.2) is 166 Å². The fourth-order valence-corrected chi connectivity index (χ4v) is 20.7. The molecule has 0 radical (unpaired) electrons. The van der Waals surface area contributed by atoms with Crippen molar-refractivity contribution < 1.29 is 61.3 Å². The Kier molecular flexibility index (Phi) is 29.8. The minimum atomic E-state index is 0.195. The Balaban J connectivity index is 0.000000167. The fourth-order valence-electron chi connectivity index (χ4n) is 20.7. The second-order valence-electron chi connectivity index (χ2n) is 40.2. The van der Waals surface area contributed by atoms with Crippen molar-refractivity contribution in [2.75, 3.05) is 132 Å². The van der Waals surface area contributed by atoms with Gasteiger partial charge in [0.05, 0.1) is 161 Å². The van der Waals surface area contributed by atoms with Crippen molar-refractivity contribution in [2.24, 2.45) is 21.7 Å². The van der Waals surface area contributed by atoms with Crippen molar-refractivity contribution in [1.29, 1.82) is 0 Å². The van der Waals surface area contributed by atoms with Crippen molar-refractivity contribution in [2.45, 2.75) is 150 Å². The zero-order chi connectivity index (χ0) is 95.4. The molecule has 0 bridgehead atoms. The first-order chi connectivity index (χ1) is 69.5. The molecule has 0 atom stereocenters. The number of furan rings is 1. The maximum atomic E-state index is 6.69. The molecule has 18 aromatic rings. The van der Waals surface area contributed by atoms with E-state index in [1.165, 1.54) is 5.39 Å². The molecule has 22 rings (SSSR count). The number of aromatic nitrogens is 7. The van der Waals surface area contributed by atoms with Crippen LogP contribution in [0.3, 0.4) is 0 Å². The van der Waals surface area contributed by atoms with Crippen LogP contribution in [-0.2, 0) is 83.3 Å². The molecule has 0 spiro atoms. The molecular formula is C121H131N7O13. The van der Waals surface area contributed by atoms with Gasteiger partial charge in [-0.05, 0) is 209 Å². The molecule has 20 nitrogen and oxygen atoms in total. The summed E-state index contributed by atoms with van der Waals surface area (Å²) in [5.41, 5.74) is 20.3. The number of unbranched alkanes of at least 4 members (excludes halogenated alkanes) is 8. The number of hydrogen-bond donors (Lipinski definition) is 0. The Morgan fingerprint density at radius 2 is 0.652 bits per heavy atom. The molecule has 10 heterocycles. The maximum Gasteiger partial charge on any atom is 0.235 e. The average Bonchev–Trinajstić information content (AvgIpc) is 1.55. The van der Waals surface area contributed by atoms with Crippen LogP contribution in [0.2, 0.25) is 0 Å². The molecule has 0 aliphatic carbocycles. The lowest BCUT2D eigenvalue weighted by Gasteiger charge is -2.40. The average molecular weight is 1890 g/mol. The van der Waals surface area contributed by atoms with Gasteiger partial charge in [0.15, 0.2) is 0 Å². The van der Waals surface area contributed by atoms with Crippen LogP contribution in [0.15, 0.2) is 253 Å². The molecule has 4 aliphatic rings. The van der Waals surface area contributed by atoms with E-state index in [-0.39, 0.29) is 21.7 Å². The molecular weight excluding hydrogens is 1760 g/mol. The first-order valence-electron chi connectivity index (χ1n) is 51.5. The second kappa shape index (κ2) is 44.0.